The van der Waals surface area contributed by atoms with Crippen molar-refractivity contribution in [2.24, 2.45) is 5.41 Å². The van der Waals surface area contributed by atoms with Gasteiger partial charge in [-0.3, -0.25) is 0 Å². The minimum atomic E-state index is -0.448. The van der Waals surface area contributed by atoms with Gasteiger partial charge < -0.3 is 15.2 Å². The summed E-state index contributed by atoms with van der Waals surface area (Å²) in [6.45, 7) is 4.30. The van der Waals surface area contributed by atoms with Crippen molar-refractivity contribution in [2.45, 2.75) is 19.9 Å². The fourth-order valence-corrected chi connectivity index (χ4v) is 2.30. The highest BCUT2D eigenvalue weighted by molar-refractivity contribution is 9.10. The third-order valence-corrected chi connectivity index (χ3v) is 3.42. The van der Waals surface area contributed by atoms with E-state index < -0.39 is 6.09 Å². The summed E-state index contributed by atoms with van der Waals surface area (Å²) in [6.07, 6.45) is -0.448. The quantitative estimate of drug-likeness (QED) is 0.826. The molecular weight excluding hydrogens is 321 g/mol. The molecule has 0 saturated carbocycles. The van der Waals surface area contributed by atoms with E-state index in [1.165, 1.54) is 0 Å². The summed E-state index contributed by atoms with van der Waals surface area (Å²) in [4.78, 5) is 11.3. The number of ether oxygens (including phenoxy) is 1. The average Bonchev–Trinajstić information content (AvgIpc) is 2.23. The molecule has 1 aromatic carbocycles. The molecular formula is C12H15BrClNO3. The van der Waals surface area contributed by atoms with Gasteiger partial charge in [-0.1, -0.05) is 35.8 Å². The van der Waals surface area contributed by atoms with E-state index in [2.05, 4.69) is 21.2 Å². The Morgan fingerprint density at radius 3 is 2.78 bits per heavy atom. The lowest BCUT2D eigenvalue weighted by atomic mass is 9.80. The number of benzene rings is 1. The molecule has 1 aromatic rings. The zero-order valence-corrected chi connectivity index (χ0v) is 12.5. The van der Waals surface area contributed by atoms with E-state index in [1.54, 1.807) is 12.1 Å². The molecule has 6 heteroatoms. The van der Waals surface area contributed by atoms with Crippen LogP contribution in [0.5, 0.6) is 5.75 Å². The Bertz CT molecular complexity index is 465. The van der Waals surface area contributed by atoms with Crippen molar-refractivity contribution < 1.29 is 14.6 Å². The minimum absolute atomic E-state index is 0. The minimum Gasteiger partial charge on any atom is -0.508 e. The van der Waals surface area contributed by atoms with Crippen LogP contribution in [0, 0.1) is 5.41 Å². The van der Waals surface area contributed by atoms with Gasteiger partial charge in [-0.15, -0.1) is 12.4 Å². The summed E-state index contributed by atoms with van der Waals surface area (Å²) in [7, 11) is 0. The number of aromatic hydroxyl groups is 1. The van der Waals surface area contributed by atoms with Crippen molar-refractivity contribution in [3.05, 3.63) is 28.2 Å². The van der Waals surface area contributed by atoms with Crippen LogP contribution in [-0.2, 0) is 4.74 Å². The van der Waals surface area contributed by atoms with Crippen molar-refractivity contribution >= 4 is 34.4 Å². The maximum atomic E-state index is 11.3. The summed E-state index contributed by atoms with van der Waals surface area (Å²) >= 11 is 3.29. The second-order valence-corrected chi connectivity index (χ2v) is 5.76. The van der Waals surface area contributed by atoms with Crippen LogP contribution in [0.3, 0.4) is 0 Å². The first kappa shape index (κ1) is 15.1. The summed E-state index contributed by atoms with van der Waals surface area (Å²) in [6, 6.07) is 5.01. The molecule has 100 valence electrons. The van der Waals surface area contributed by atoms with Crippen molar-refractivity contribution in [1.29, 1.82) is 0 Å². The first-order valence-corrected chi connectivity index (χ1v) is 6.11. The lowest BCUT2D eigenvalue weighted by Gasteiger charge is -2.38. The Labute approximate surface area is 120 Å². The molecule has 1 saturated heterocycles. The molecule has 1 atom stereocenters. The van der Waals surface area contributed by atoms with E-state index in [4.69, 9.17) is 4.74 Å². The van der Waals surface area contributed by atoms with Crippen LogP contribution in [0.4, 0.5) is 4.79 Å². The Kier molecular flexibility index (Phi) is 4.50. The zero-order chi connectivity index (χ0) is 12.6. The Balaban J connectivity index is 0.00000162. The van der Waals surface area contributed by atoms with Crippen LogP contribution in [0.15, 0.2) is 22.7 Å². The average molecular weight is 337 g/mol. The number of rotatable bonds is 1. The lowest BCUT2D eigenvalue weighted by molar-refractivity contribution is 0.0381. The highest BCUT2D eigenvalue weighted by atomic mass is 79.9. The Hall–Kier alpha value is -0.940. The number of phenolic OH excluding ortho intramolecular Hbond substituents is 1. The number of hydrogen-bond acceptors (Lipinski definition) is 3. The SMILES string of the molecule is CC1(C)COC(=O)N[C@H]1c1ccc(Br)cc1O.Cl. The molecule has 0 aromatic heterocycles. The summed E-state index contributed by atoms with van der Waals surface area (Å²) in [5.74, 6) is 0.166. The molecule has 1 heterocycles. The molecule has 1 aliphatic rings. The summed E-state index contributed by atoms with van der Waals surface area (Å²) in [5, 5.41) is 12.7. The number of phenols is 1. The number of hydrogen-bond donors (Lipinski definition) is 2. The van der Waals surface area contributed by atoms with Gasteiger partial charge >= 0.3 is 6.09 Å². The van der Waals surface area contributed by atoms with Crippen LogP contribution in [-0.4, -0.2) is 17.8 Å². The van der Waals surface area contributed by atoms with Crippen LogP contribution >= 0.6 is 28.3 Å². The van der Waals surface area contributed by atoms with E-state index >= 15 is 0 Å². The van der Waals surface area contributed by atoms with E-state index in [9.17, 15) is 9.90 Å². The molecule has 2 rings (SSSR count). The molecule has 1 amide bonds. The molecule has 0 radical (unpaired) electrons. The zero-order valence-electron chi connectivity index (χ0n) is 10.1. The van der Waals surface area contributed by atoms with Gasteiger partial charge in [0.15, 0.2) is 0 Å². The van der Waals surface area contributed by atoms with E-state index in [-0.39, 0.29) is 29.6 Å². The van der Waals surface area contributed by atoms with Gasteiger partial charge in [0, 0.05) is 15.5 Å². The predicted molar refractivity (Wildman–Crippen MR) is 74.1 cm³/mol. The number of amides is 1. The molecule has 0 bridgehead atoms. The smallest absolute Gasteiger partial charge is 0.407 e. The van der Waals surface area contributed by atoms with Gasteiger partial charge in [0.1, 0.15) is 12.4 Å². The van der Waals surface area contributed by atoms with Crippen LogP contribution in [0.1, 0.15) is 25.5 Å². The van der Waals surface area contributed by atoms with Crippen LogP contribution in [0.2, 0.25) is 0 Å². The highest BCUT2D eigenvalue weighted by Crippen LogP contribution is 2.40. The van der Waals surface area contributed by atoms with E-state index in [1.807, 2.05) is 19.9 Å². The van der Waals surface area contributed by atoms with Gasteiger partial charge in [0.2, 0.25) is 0 Å². The number of carbonyl (C=O) groups excluding carboxylic acids is 1. The maximum absolute atomic E-state index is 11.3. The van der Waals surface area contributed by atoms with Crippen molar-refractivity contribution in [1.82, 2.24) is 5.32 Å². The molecule has 0 unspecified atom stereocenters. The fourth-order valence-electron chi connectivity index (χ4n) is 1.95. The topological polar surface area (TPSA) is 58.6 Å². The van der Waals surface area contributed by atoms with Gasteiger partial charge in [-0.2, -0.15) is 0 Å². The molecule has 4 nitrogen and oxygen atoms in total. The second-order valence-electron chi connectivity index (χ2n) is 4.85. The molecule has 18 heavy (non-hydrogen) atoms. The number of cyclic esters (lactones) is 1. The summed E-state index contributed by atoms with van der Waals surface area (Å²) in [5.41, 5.74) is 0.439. The standard InChI is InChI=1S/C12H14BrNO3.ClH/c1-12(2)6-17-11(16)14-10(12)8-4-3-7(13)5-9(8)15;/h3-5,10,15H,6H2,1-2H3,(H,14,16);1H/t10-;/m0./s1. The second kappa shape index (κ2) is 5.36. The Morgan fingerprint density at radius 2 is 2.17 bits per heavy atom. The number of nitrogens with one attached hydrogen (secondary N) is 1. The number of carbonyl (C=O) groups is 1. The van der Waals surface area contributed by atoms with Crippen LogP contribution in [0.25, 0.3) is 0 Å². The van der Waals surface area contributed by atoms with Gasteiger partial charge in [-0.25, -0.2) is 4.79 Å². The maximum Gasteiger partial charge on any atom is 0.407 e. The lowest BCUT2D eigenvalue weighted by Crippen LogP contribution is -2.46. The first-order chi connectivity index (χ1) is 7.90. The van der Waals surface area contributed by atoms with Crippen molar-refractivity contribution in [3.8, 4) is 5.75 Å². The van der Waals surface area contributed by atoms with E-state index in [0.29, 0.717) is 12.2 Å². The molecule has 0 spiro atoms. The van der Waals surface area contributed by atoms with Crippen molar-refractivity contribution in [2.75, 3.05) is 6.61 Å². The molecule has 2 N–H and O–H groups in total. The number of halogens is 2. The predicted octanol–water partition coefficient (Wildman–Crippen LogP) is 3.38. The number of alkyl carbamates (subject to hydrolysis) is 1. The Morgan fingerprint density at radius 1 is 1.50 bits per heavy atom. The monoisotopic (exact) mass is 335 g/mol. The summed E-state index contributed by atoms with van der Waals surface area (Å²) < 4.78 is 5.77. The fraction of sp³-hybridized carbons (Fsp3) is 0.417. The third-order valence-electron chi connectivity index (χ3n) is 2.92. The van der Waals surface area contributed by atoms with Gasteiger partial charge in [-0.05, 0) is 12.1 Å². The molecule has 0 aliphatic carbocycles. The normalized spacial score (nSPS) is 21.5. The molecule has 1 fully saturated rings. The van der Waals surface area contributed by atoms with Crippen LogP contribution < -0.4 is 5.32 Å². The van der Waals surface area contributed by atoms with Gasteiger partial charge in [0.25, 0.3) is 0 Å². The van der Waals surface area contributed by atoms with E-state index in [0.717, 1.165) is 4.47 Å². The third kappa shape index (κ3) is 2.90. The first-order valence-electron chi connectivity index (χ1n) is 5.32. The van der Waals surface area contributed by atoms with Gasteiger partial charge in [0.05, 0.1) is 6.04 Å². The van der Waals surface area contributed by atoms with Crippen molar-refractivity contribution in [3.63, 3.8) is 0 Å². The largest absolute Gasteiger partial charge is 0.508 e. The molecule has 1 aliphatic heterocycles. The highest BCUT2D eigenvalue weighted by Gasteiger charge is 2.39.